The van der Waals surface area contributed by atoms with Crippen LogP contribution in [-0.4, -0.2) is 50.2 Å². The number of carbonyl (C=O) groups excluding carboxylic acids is 2. The zero-order valence-electron chi connectivity index (χ0n) is 9.07. The Morgan fingerprint density at radius 1 is 1.36 bits per heavy atom. The lowest BCUT2D eigenvalue weighted by Crippen LogP contribution is -2.44. The van der Waals surface area contributed by atoms with E-state index < -0.39 is 11.9 Å². The summed E-state index contributed by atoms with van der Waals surface area (Å²) < 4.78 is 9.26. The fourth-order valence-corrected chi connectivity index (χ4v) is 1.19. The van der Waals surface area contributed by atoms with E-state index in [1.165, 1.54) is 12.0 Å². The highest BCUT2D eigenvalue weighted by Crippen LogP contribution is 2.01. The van der Waals surface area contributed by atoms with Crippen LogP contribution in [-0.2, 0) is 19.1 Å². The molecular weight excluding hydrogens is 186 g/mol. The van der Waals surface area contributed by atoms with Crippen molar-refractivity contribution < 1.29 is 19.1 Å². The van der Waals surface area contributed by atoms with Crippen LogP contribution in [0.3, 0.4) is 0 Å². The Morgan fingerprint density at radius 2 is 1.93 bits per heavy atom. The molecule has 0 aliphatic rings. The van der Waals surface area contributed by atoms with Crippen molar-refractivity contribution in [3.63, 3.8) is 0 Å². The molecule has 0 aromatic rings. The molecule has 1 atom stereocenters. The summed E-state index contributed by atoms with van der Waals surface area (Å²) in [7, 11) is 2.74. The molecule has 0 aliphatic heterocycles. The molecule has 0 heterocycles. The molecule has 82 valence electrons. The number of hydrogen-bond acceptors (Lipinski definition) is 4. The van der Waals surface area contributed by atoms with Crippen molar-refractivity contribution >= 4 is 11.9 Å². The Hall–Kier alpha value is -1.10. The molecule has 0 saturated heterocycles. The topological polar surface area (TPSA) is 55.8 Å². The zero-order chi connectivity index (χ0) is 11.1. The first kappa shape index (κ1) is 12.9. The van der Waals surface area contributed by atoms with E-state index in [9.17, 15) is 9.59 Å². The van der Waals surface area contributed by atoms with Gasteiger partial charge in [-0.15, -0.1) is 0 Å². The van der Waals surface area contributed by atoms with Gasteiger partial charge in [-0.05, 0) is 13.8 Å². The molecule has 0 fully saturated rings. The highest BCUT2D eigenvalue weighted by molar-refractivity contribution is 6.32. The Bertz CT molecular complexity index is 205. The average molecular weight is 203 g/mol. The molecule has 0 spiro atoms. The molecule has 0 N–H and O–H groups in total. The van der Waals surface area contributed by atoms with Crippen molar-refractivity contribution in [1.29, 1.82) is 0 Å². The fraction of sp³-hybridized carbons (Fsp3) is 0.778. The fourth-order valence-electron chi connectivity index (χ4n) is 1.19. The molecule has 0 aliphatic carbocycles. The van der Waals surface area contributed by atoms with Crippen molar-refractivity contribution in [2.24, 2.45) is 0 Å². The number of rotatable bonds is 4. The zero-order valence-corrected chi connectivity index (χ0v) is 9.07. The molecule has 0 radical (unpaired) electrons. The van der Waals surface area contributed by atoms with Gasteiger partial charge in [0.2, 0.25) is 0 Å². The summed E-state index contributed by atoms with van der Waals surface area (Å²) in [6.07, 6.45) is 0. The van der Waals surface area contributed by atoms with Crippen LogP contribution in [0.2, 0.25) is 0 Å². The molecule has 1 unspecified atom stereocenters. The summed E-state index contributed by atoms with van der Waals surface area (Å²) in [5, 5.41) is 0. The van der Waals surface area contributed by atoms with Gasteiger partial charge in [0.15, 0.2) is 0 Å². The lowest BCUT2D eigenvalue weighted by atomic mass is 10.3. The van der Waals surface area contributed by atoms with E-state index in [1.54, 1.807) is 14.0 Å². The molecule has 0 rings (SSSR count). The molecule has 5 heteroatoms. The van der Waals surface area contributed by atoms with Gasteiger partial charge in [0.05, 0.1) is 19.8 Å². The lowest BCUT2D eigenvalue weighted by Gasteiger charge is -2.26. The molecule has 0 aromatic carbocycles. The van der Waals surface area contributed by atoms with Gasteiger partial charge in [-0.1, -0.05) is 0 Å². The summed E-state index contributed by atoms with van der Waals surface area (Å²) in [6.45, 7) is 4.47. The second kappa shape index (κ2) is 6.37. The molecule has 14 heavy (non-hydrogen) atoms. The van der Waals surface area contributed by atoms with Gasteiger partial charge >= 0.3 is 11.9 Å². The van der Waals surface area contributed by atoms with Crippen LogP contribution in [0.1, 0.15) is 13.8 Å². The maximum absolute atomic E-state index is 11.4. The van der Waals surface area contributed by atoms with Crippen molar-refractivity contribution in [3.05, 3.63) is 0 Å². The predicted octanol–water partition coefficient (Wildman–Crippen LogP) is 0.0428. The minimum atomic E-state index is -0.838. The number of ether oxygens (including phenoxy) is 2. The van der Waals surface area contributed by atoms with Crippen molar-refractivity contribution in [1.82, 2.24) is 4.90 Å². The molecule has 0 bridgehead atoms. The third kappa shape index (κ3) is 3.33. The maximum Gasteiger partial charge on any atom is 0.396 e. The minimum Gasteiger partial charge on any atom is -0.462 e. The van der Waals surface area contributed by atoms with Gasteiger partial charge < -0.3 is 14.4 Å². The maximum atomic E-state index is 11.4. The summed E-state index contributed by atoms with van der Waals surface area (Å²) in [6, 6.07) is -0.128. The summed E-state index contributed by atoms with van der Waals surface area (Å²) >= 11 is 0. The second-order valence-corrected chi connectivity index (χ2v) is 2.89. The Balaban J connectivity index is 4.39. The van der Waals surface area contributed by atoms with E-state index in [1.807, 2.05) is 6.92 Å². The van der Waals surface area contributed by atoms with E-state index >= 15 is 0 Å². The van der Waals surface area contributed by atoms with Crippen molar-refractivity contribution in [2.45, 2.75) is 19.9 Å². The summed E-state index contributed by atoms with van der Waals surface area (Å²) in [4.78, 5) is 23.8. The van der Waals surface area contributed by atoms with E-state index in [0.29, 0.717) is 13.2 Å². The van der Waals surface area contributed by atoms with Gasteiger partial charge in [-0.3, -0.25) is 4.79 Å². The first-order valence-electron chi connectivity index (χ1n) is 4.46. The van der Waals surface area contributed by atoms with Gasteiger partial charge in [0.1, 0.15) is 0 Å². The standard InChI is InChI=1S/C9H17NO4/c1-5-10(7(2)6-13-3)8(11)9(12)14-4/h7H,5-6H2,1-4H3. The highest BCUT2D eigenvalue weighted by Gasteiger charge is 2.25. The van der Waals surface area contributed by atoms with Crippen LogP contribution in [0.4, 0.5) is 0 Å². The SMILES string of the molecule is CCN(C(=O)C(=O)OC)C(C)COC. The molecular formula is C9H17NO4. The highest BCUT2D eigenvalue weighted by atomic mass is 16.5. The lowest BCUT2D eigenvalue weighted by molar-refractivity contribution is -0.159. The second-order valence-electron chi connectivity index (χ2n) is 2.89. The first-order chi connectivity index (χ1) is 6.58. The third-order valence-corrected chi connectivity index (χ3v) is 1.90. The smallest absolute Gasteiger partial charge is 0.396 e. The third-order valence-electron chi connectivity index (χ3n) is 1.90. The van der Waals surface area contributed by atoms with Gasteiger partial charge in [-0.2, -0.15) is 0 Å². The number of carbonyl (C=O) groups is 2. The van der Waals surface area contributed by atoms with E-state index in [2.05, 4.69) is 4.74 Å². The molecule has 0 aromatic heterocycles. The monoisotopic (exact) mass is 203 g/mol. The summed E-state index contributed by atoms with van der Waals surface area (Å²) in [5.41, 5.74) is 0. The molecule has 1 amide bonds. The number of esters is 1. The van der Waals surface area contributed by atoms with Crippen LogP contribution in [0.25, 0.3) is 0 Å². The molecule has 0 saturated carbocycles. The van der Waals surface area contributed by atoms with Crippen LogP contribution < -0.4 is 0 Å². The minimum absolute atomic E-state index is 0.128. The Labute approximate surface area is 84.0 Å². The quantitative estimate of drug-likeness (QED) is 0.478. The van der Waals surface area contributed by atoms with Crippen LogP contribution in [0, 0.1) is 0 Å². The van der Waals surface area contributed by atoms with Gasteiger partial charge in [0.25, 0.3) is 0 Å². The van der Waals surface area contributed by atoms with E-state index in [0.717, 1.165) is 0 Å². The Kier molecular flexibility index (Phi) is 5.87. The predicted molar refractivity (Wildman–Crippen MR) is 50.7 cm³/mol. The number of amides is 1. The van der Waals surface area contributed by atoms with Crippen LogP contribution >= 0.6 is 0 Å². The van der Waals surface area contributed by atoms with E-state index in [-0.39, 0.29) is 6.04 Å². The van der Waals surface area contributed by atoms with Crippen LogP contribution in [0.15, 0.2) is 0 Å². The number of hydrogen-bond donors (Lipinski definition) is 0. The summed E-state index contributed by atoms with van der Waals surface area (Å²) in [5.74, 6) is -1.46. The van der Waals surface area contributed by atoms with E-state index in [4.69, 9.17) is 4.74 Å². The van der Waals surface area contributed by atoms with Crippen LogP contribution in [0.5, 0.6) is 0 Å². The largest absolute Gasteiger partial charge is 0.462 e. The van der Waals surface area contributed by atoms with Crippen molar-refractivity contribution in [3.8, 4) is 0 Å². The number of nitrogens with zero attached hydrogens (tertiary/aromatic N) is 1. The van der Waals surface area contributed by atoms with Gasteiger partial charge in [0, 0.05) is 13.7 Å². The normalized spacial score (nSPS) is 12.0. The number of methoxy groups -OCH3 is 2. The molecule has 5 nitrogen and oxygen atoms in total. The number of likely N-dealkylation sites (N-methyl/N-ethyl adjacent to an activating group) is 1. The Morgan fingerprint density at radius 3 is 2.29 bits per heavy atom. The average Bonchev–Trinajstić information content (AvgIpc) is 2.18. The van der Waals surface area contributed by atoms with Crippen molar-refractivity contribution in [2.75, 3.05) is 27.4 Å². The van der Waals surface area contributed by atoms with Gasteiger partial charge in [-0.25, -0.2) is 4.79 Å². The first-order valence-corrected chi connectivity index (χ1v) is 4.46.